The van der Waals surface area contributed by atoms with Gasteiger partial charge in [0.15, 0.2) is 0 Å². The van der Waals surface area contributed by atoms with Crippen LogP contribution in [0.25, 0.3) is 6.08 Å². The number of hydrogen-bond acceptors (Lipinski definition) is 2. The van der Waals surface area contributed by atoms with Gasteiger partial charge in [-0.05, 0) is 23.8 Å². The molecule has 0 saturated heterocycles. The summed E-state index contributed by atoms with van der Waals surface area (Å²) < 4.78 is 0. The summed E-state index contributed by atoms with van der Waals surface area (Å²) in [7, 11) is 0. The molecule has 2 nitrogen and oxygen atoms in total. The van der Waals surface area contributed by atoms with E-state index < -0.39 is 0 Å². The first-order valence-corrected chi connectivity index (χ1v) is 3.88. The van der Waals surface area contributed by atoms with Crippen LogP contribution in [0.15, 0.2) is 24.3 Å². The third kappa shape index (κ3) is 2.26. The zero-order chi connectivity index (χ0) is 8.97. The molecule has 64 valence electrons. The van der Waals surface area contributed by atoms with Gasteiger partial charge in [0, 0.05) is 0 Å². The van der Waals surface area contributed by atoms with Crippen LogP contribution in [0, 0.1) is 0 Å². The summed E-state index contributed by atoms with van der Waals surface area (Å²) in [5, 5.41) is 18.0. The Kier molecular flexibility index (Phi) is 3.14. The molecular formula is C9H9ClO2. The van der Waals surface area contributed by atoms with Crippen molar-refractivity contribution in [2.75, 3.05) is 6.61 Å². The van der Waals surface area contributed by atoms with Crippen LogP contribution in [0.1, 0.15) is 5.56 Å². The van der Waals surface area contributed by atoms with Crippen LogP contribution in [-0.4, -0.2) is 16.8 Å². The number of aromatic hydroxyl groups is 1. The van der Waals surface area contributed by atoms with Gasteiger partial charge < -0.3 is 10.2 Å². The lowest BCUT2D eigenvalue weighted by Crippen LogP contribution is -1.76. The van der Waals surface area contributed by atoms with Gasteiger partial charge in [0.2, 0.25) is 0 Å². The van der Waals surface area contributed by atoms with E-state index in [1.807, 2.05) is 0 Å². The number of aliphatic hydroxyl groups is 1. The van der Waals surface area contributed by atoms with Gasteiger partial charge in [0.05, 0.1) is 11.6 Å². The normalized spacial score (nSPS) is 10.8. The number of phenols is 1. The highest BCUT2D eigenvalue weighted by atomic mass is 35.5. The fourth-order valence-corrected chi connectivity index (χ4v) is 1.07. The van der Waals surface area contributed by atoms with Gasteiger partial charge in [-0.2, -0.15) is 0 Å². The van der Waals surface area contributed by atoms with E-state index in [4.69, 9.17) is 21.8 Å². The summed E-state index contributed by atoms with van der Waals surface area (Å²) in [5.74, 6) is 0.140. The maximum atomic E-state index is 9.01. The largest absolute Gasteiger partial charge is 0.508 e. The summed E-state index contributed by atoms with van der Waals surface area (Å²) >= 11 is 5.77. The lowest BCUT2D eigenvalue weighted by Gasteiger charge is -1.97. The number of aliphatic hydroxyl groups excluding tert-OH is 1. The van der Waals surface area contributed by atoms with Crippen molar-refractivity contribution in [3.05, 3.63) is 34.9 Å². The van der Waals surface area contributed by atoms with E-state index in [1.54, 1.807) is 24.3 Å². The molecule has 0 radical (unpaired) electrons. The van der Waals surface area contributed by atoms with Crippen molar-refractivity contribution in [3.8, 4) is 5.75 Å². The molecule has 0 heterocycles. The second-order valence-corrected chi connectivity index (χ2v) is 2.70. The third-order valence-electron chi connectivity index (χ3n) is 1.39. The monoisotopic (exact) mass is 184 g/mol. The van der Waals surface area contributed by atoms with E-state index in [0.717, 1.165) is 5.56 Å². The molecule has 0 aliphatic rings. The predicted molar refractivity (Wildman–Crippen MR) is 49.2 cm³/mol. The molecule has 0 fully saturated rings. The Morgan fingerprint density at radius 3 is 2.75 bits per heavy atom. The molecule has 0 unspecified atom stereocenters. The average molecular weight is 185 g/mol. The highest BCUT2D eigenvalue weighted by molar-refractivity contribution is 6.32. The van der Waals surface area contributed by atoms with Crippen LogP contribution in [0.2, 0.25) is 5.02 Å². The Morgan fingerprint density at radius 1 is 1.42 bits per heavy atom. The molecule has 0 aliphatic carbocycles. The van der Waals surface area contributed by atoms with E-state index in [1.165, 1.54) is 6.07 Å². The number of phenolic OH excluding ortho intramolecular Hbond substituents is 1. The van der Waals surface area contributed by atoms with Crippen molar-refractivity contribution in [3.63, 3.8) is 0 Å². The molecule has 0 atom stereocenters. The topological polar surface area (TPSA) is 40.5 Å². The maximum Gasteiger partial charge on any atom is 0.117 e. The predicted octanol–water partition coefficient (Wildman–Crippen LogP) is 2.05. The summed E-state index contributed by atoms with van der Waals surface area (Å²) in [6.07, 6.45) is 3.28. The SMILES string of the molecule is OCC=Cc1ccc(O)cc1Cl. The molecule has 0 aliphatic heterocycles. The summed E-state index contributed by atoms with van der Waals surface area (Å²) in [6, 6.07) is 4.69. The molecule has 2 N–H and O–H groups in total. The molecular weight excluding hydrogens is 176 g/mol. The van der Waals surface area contributed by atoms with Crippen LogP contribution in [0.3, 0.4) is 0 Å². The molecule has 1 aromatic rings. The molecule has 0 spiro atoms. The van der Waals surface area contributed by atoms with Crippen LogP contribution in [-0.2, 0) is 0 Å². The van der Waals surface area contributed by atoms with Gasteiger partial charge in [-0.3, -0.25) is 0 Å². The Bertz CT molecular complexity index is 295. The zero-order valence-corrected chi connectivity index (χ0v) is 7.12. The Hall–Kier alpha value is -0.990. The van der Waals surface area contributed by atoms with Gasteiger partial charge in [0.1, 0.15) is 5.75 Å². The Balaban J connectivity index is 2.94. The molecule has 3 heteroatoms. The summed E-state index contributed by atoms with van der Waals surface area (Å²) in [6.45, 7) is -0.0167. The Labute approximate surface area is 75.7 Å². The minimum Gasteiger partial charge on any atom is -0.508 e. The minimum absolute atomic E-state index is 0.0167. The molecule has 0 saturated carbocycles. The highest BCUT2D eigenvalue weighted by Gasteiger charge is 1.96. The van der Waals surface area contributed by atoms with Crippen molar-refractivity contribution in [2.24, 2.45) is 0 Å². The summed E-state index contributed by atoms with van der Waals surface area (Å²) in [4.78, 5) is 0. The zero-order valence-electron chi connectivity index (χ0n) is 6.37. The molecule has 0 aromatic heterocycles. The van der Waals surface area contributed by atoms with Crippen molar-refractivity contribution >= 4 is 17.7 Å². The van der Waals surface area contributed by atoms with E-state index in [0.29, 0.717) is 5.02 Å². The van der Waals surface area contributed by atoms with E-state index in [2.05, 4.69) is 0 Å². The van der Waals surface area contributed by atoms with E-state index in [-0.39, 0.29) is 12.4 Å². The third-order valence-corrected chi connectivity index (χ3v) is 1.71. The number of halogens is 1. The lowest BCUT2D eigenvalue weighted by atomic mass is 10.2. The standard InChI is InChI=1S/C9H9ClO2/c10-9-6-8(12)4-3-7(9)2-1-5-11/h1-4,6,11-12H,5H2. The maximum absolute atomic E-state index is 9.01. The minimum atomic E-state index is -0.0167. The first-order valence-electron chi connectivity index (χ1n) is 3.50. The highest BCUT2D eigenvalue weighted by Crippen LogP contribution is 2.22. The quantitative estimate of drug-likeness (QED) is 0.739. The lowest BCUT2D eigenvalue weighted by molar-refractivity contribution is 0.343. The van der Waals surface area contributed by atoms with Gasteiger partial charge in [0.25, 0.3) is 0 Å². The van der Waals surface area contributed by atoms with Crippen LogP contribution in [0.4, 0.5) is 0 Å². The first-order chi connectivity index (χ1) is 5.74. The second-order valence-electron chi connectivity index (χ2n) is 2.29. The van der Waals surface area contributed by atoms with Gasteiger partial charge in [-0.1, -0.05) is 23.8 Å². The molecule has 0 amide bonds. The van der Waals surface area contributed by atoms with E-state index in [9.17, 15) is 0 Å². The molecule has 1 aromatic carbocycles. The van der Waals surface area contributed by atoms with Crippen molar-refractivity contribution in [1.29, 1.82) is 0 Å². The van der Waals surface area contributed by atoms with Crippen molar-refractivity contribution in [2.45, 2.75) is 0 Å². The van der Waals surface area contributed by atoms with Crippen LogP contribution >= 0.6 is 11.6 Å². The summed E-state index contributed by atoms with van der Waals surface area (Å²) in [5.41, 5.74) is 0.781. The Morgan fingerprint density at radius 2 is 2.17 bits per heavy atom. The first kappa shape index (κ1) is 9.10. The van der Waals surface area contributed by atoms with Crippen LogP contribution < -0.4 is 0 Å². The number of rotatable bonds is 2. The fraction of sp³-hybridized carbons (Fsp3) is 0.111. The van der Waals surface area contributed by atoms with Gasteiger partial charge in [-0.15, -0.1) is 0 Å². The van der Waals surface area contributed by atoms with Gasteiger partial charge >= 0.3 is 0 Å². The van der Waals surface area contributed by atoms with E-state index >= 15 is 0 Å². The molecule has 0 bridgehead atoms. The smallest absolute Gasteiger partial charge is 0.117 e. The van der Waals surface area contributed by atoms with Crippen molar-refractivity contribution in [1.82, 2.24) is 0 Å². The average Bonchev–Trinajstić information content (AvgIpc) is 2.03. The fourth-order valence-electron chi connectivity index (χ4n) is 0.831. The van der Waals surface area contributed by atoms with Crippen molar-refractivity contribution < 1.29 is 10.2 Å². The molecule has 1 rings (SSSR count). The molecule has 12 heavy (non-hydrogen) atoms. The number of hydrogen-bond donors (Lipinski definition) is 2. The number of benzene rings is 1. The van der Waals surface area contributed by atoms with Crippen LogP contribution in [0.5, 0.6) is 5.75 Å². The second kappa shape index (κ2) is 4.14. The van der Waals surface area contributed by atoms with Gasteiger partial charge in [-0.25, -0.2) is 0 Å².